The molecule has 0 spiro atoms. The standard InChI is InChI=1S/C19H24N4O2/c20-18-3-1-2-17(22-18)19(25)21-12-14-4-6-15(7-5-14)13-23-10-8-16(24)9-11-23/h1-7,16,24H,8-13H2,(H2,20,22)(H,21,25). The number of likely N-dealkylation sites (tertiary alicyclic amines) is 1. The van der Waals surface area contributed by atoms with Crippen molar-refractivity contribution in [1.29, 1.82) is 0 Å². The average Bonchev–Trinajstić information content (AvgIpc) is 2.63. The van der Waals surface area contributed by atoms with Crippen molar-refractivity contribution in [2.24, 2.45) is 0 Å². The number of aliphatic hydroxyl groups is 1. The zero-order chi connectivity index (χ0) is 17.6. The van der Waals surface area contributed by atoms with Gasteiger partial charge in [-0.15, -0.1) is 0 Å². The van der Waals surface area contributed by atoms with Gasteiger partial charge in [-0.1, -0.05) is 30.3 Å². The molecule has 1 saturated heterocycles. The van der Waals surface area contributed by atoms with Gasteiger partial charge >= 0.3 is 0 Å². The Morgan fingerprint density at radius 2 is 1.84 bits per heavy atom. The van der Waals surface area contributed by atoms with Crippen LogP contribution < -0.4 is 11.1 Å². The Hall–Kier alpha value is -2.44. The van der Waals surface area contributed by atoms with E-state index < -0.39 is 0 Å². The minimum Gasteiger partial charge on any atom is -0.393 e. The first kappa shape index (κ1) is 17.4. The Morgan fingerprint density at radius 1 is 1.16 bits per heavy atom. The van der Waals surface area contributed by atoms with Crippen molar-refractivity contribution in [2.75, 3.05) is 18.8 Å². The number of aliphatic hydroxyl groups excluding tert-OH is 1. The van der Waals surface area contributed by atoms with Gasteiger partial charge in [0.2, 0.25) is 0 Å². The number of benzene rings is 1. The number of nitrogen functional groups attached to an aromatic ring is 1. The summed E-state index contributed by atoms with van der Waals surface area (Å²) in [5.74, 6) is 0.102. The molecule has 0 saturated carbocycles. The van der Waals surface area contributed by atoms with Crippen LogP contribution in [0.2, 0.25) is 0 Å². The number of rotatable bonds is 5. The summed E-state index contributed by atoms with van der Waals surface area (Å²) in [6.45, 7) is 3.22. The van der Waals surface area contributed by atoms with Gasteiger partial charge in [0.1, 0.15) is 11.5 Å². The maximum Gasteiger partial charge on any atom is 0.270 e. The highest BCUT2D eigenvalue weighted by molar-refractivity contribution is 5.92. The number of amides is 1. The van der Waals surface area contributed by atoms with Gasteiger partial charge < -0.3 is 16.2 Å². The number of nitrogens with zero attached hydrogens (tertiary/aromatic N) is 2. The topological polar surface area (TPSA) is 91.5 Å². The summed E-state index contributed by atoms with van der Waals surface area (Å²) in [5, 5.41) is 12.4. The summed E-state index contributed by atoms with van der Waals surface area (Å²) in [6.07, 6.45) is 1.56. The number of carbonyl (C=O) groups is 1. The van der Waals surface area contributed by atoms with Crippen LogP contribution in [-0.4, -0.2) is 40.1 Å². The number of carbonyl (C=O) groups excluding carboxylic acids is 1. The first-order valence-electron chi connectivity index (χ1n) is 8.59. The second-order valence-corrected chi connectivity index (χ2v) is 6.45. The number of hydrogen-bond acceptors (Lipinski definition) is 5. The summed E-state index contributed by atoms with van der Waals surface area (Å²) in [4.78, 5) is 18.4. The van der Waals surface area contributed by atoms with E-state index in [4.69, 9.17) is 5.73 Å². The van der Waals surface area contributed by atoms with Crippen LogP contribution >= 0.6 is 0 Å². The Kier molecular flexibility index (Phi) is 5.63. The molecule has 132 valence electrons. The fourth-order valence-corrected chi connectivity index (χ4v) is 2.95. The predicted molar refractivity (Wildman–Crippen MR) is 96.8 cm³/mol. The number of aromatic nitrogens is 1. The lowest BCUT2D eigenvalue weighted by atomic mass is 10.1. The van der Waals surface area contributed by atoms with Crippen LogP contribution in [0.5, 0.6) is 0 Å². The summed E-state index contributed by atoms with van der Waals surface area (Å²) >= 11 is 0. The van der Waals surface area contributed by atoms with Gasteiger partial charge in [0.15, 0.2) is 0 Å². The molecule has 6 nitrogen and oxygen atoms in total. The molecule has 1 amide bonds. The molecule has 4 N–H and O–H groups in total. The molecule has 25 heavy (non-hydrogen) atoms. The van der Waals surface area contributed by atoms with Crippen LogP contribution in [0, 0.1) is 0 Å². The number of piperidine rings is 1. The number of pyridine rings is 1. The number of hydrogen-bond donors (Lipinski definition) is 3. The van der Waals surface area contributed by atoms with E-state index in [1.54, 1.807) is 18.2 Å². The Labute approximate surface area is 147 Å². The molecule has 1 aromatic heterocycles. The summed E-state index contributed by atoms with van der Waals surface area (Å²) < 4.78 is 0. The molecule has 2 heterocycles. The smallest absolute Gasteiger partial charge is 0.270 e. The monoisotopic (exact) mass is 340 g/mol. The predicted octanol–water partition coefficient (Wildman–Crippen LogP) is 1.55. The summed E-state index contributed by atoms with van der Waals surface area (Å²) in [7, 11) is 0. The third kappa shape index (κ3) is 5.01. The third-order valence-corrected chi connectivity index (χ3v) is 4.44. The first-order valence-corrected chi connectivity index (χ1v) is 8.59. The minimum absolute atomic E-state index is 0.142. The van der Waals surface area contributed by atoms with Gasteiger partial charge in [-0.3, -0.25) is 9.69 Å². The second-order valence-electron chi connectivity index (χ2n) is 6.45. The average molecular weight is 340 g/mol. The summed E-state index contributed by atoms with van der Waals surface area (Å²) in [6, 6.07) is 13.2. The molecule has 0 unspecified atom stereocenters. The van der Waals surface area contributed by atoms with E-state index in [1.165, 1.54) is 5.56 Å². The molecular weight excluding hydrogens is 316 g/mol. The van der Waals surface area contributed by atoms with E-state index in [1.807, 2.05) is 12.1 Å². The SMILES string of the molecule is Nc1cccc(C(=O)NCc2ccc(CN3CCC(O)CC3)cc2)n1. The van der Waals surface area contributed by atoms with Crippen molar-refractivity contribution in [3.8, 4) is 0 Å². The molecule has 1 fully saturated rings. The van der Waals surface area contributed by atoms with E-state index in [0.717, 1.165) is 38.0 Å². The maximum atomic E-state index is 12.1. The molecule has 0 atom stereocenters. The maximum absolute atomic E-state index is 12.1. The van der Waals surface area contributed by atoms with Gasteiger partial charge in [0.25, 0.3) is 5.91 Å². The van der Waals surface area contributed by atoms with Gasteiger partial charge in [-0.2, -0.15) is 0 Å². The molecular formula is C19H24N4O2. The number of nitrogens with one attached hydrogen (secondary N) is 1. The van der Waals surface area contributed by atoms with Crippen LogP contribution in [0.3, 0.4) is 0 Å². The lowest BCUT2D eigenvalue weighted by molar-refractivity contribution is 0.0792. The van der Waals surface area contributed by atoms with Crippen molar-refractivity contribution in [3.05, 3.63) is 59.3 Å². The highest BCUT2D eigenvalue weighted by Gasteiger charge is 2.16. The lowest BCUT2D eigenvalue weighted by Crippen LogP contribution is -2.35. The van der Waals surface area contributed by atoms with E-state index in [9.17, 15) is 9.90 Å². The number of anilines is 1. The molecule has 1 aromatic carbocycles. The highest BCUT2D eigenvalue weighted by Crippen LogP contribution is 2.14. The van der Waals surface area contributed by atoms with Crippen molar-refractivity contribution in [3.63, 3.8) is 0 Å². The van der Waals surface area contributed by atoms with Gasteiger partial charge in [-0.05, 0) is 36.1 Å². The third-order valence-electron chi connectivity index (χ3n) is 4.44. The molecule has 1 aliphatic rings. The van der Waals surface area contributed by atoms with Crippen molar-refractivity contribution in [2.45, 2.75) is 32.0 Å². The van der Waals surface area contributed by atoms with Crippen LogP contribution in [0.15, 0.2) is 42.5 Å². The minimum atomic E-state index is -0.233. The molecule has 2 aromatic rings. The molecule has 0 bridgehead atoms. The fourth-order valence-electron chi connectivity index (χ4n) is 2.95. The van der Waals surface area contributed by atoms with Crippen molar-refractivity contribution < 1.29 is 9.90 Å². The van der Waals surface area contributed by atoms with Gasteiger partial charge in [0, 0.05) is 26.2 Å². The Morgan fingerprint density at radius 3 is 2.52 bits per heavy atom. The molecule has 1 aliphatic heterocycles. The van der Waals surface area contributed by atoms with E-state index in [0.29, 0.717) is 18.1 Å². The zero-order valence-electron chi connectivity index (χ0n) is 14.2. The van der Waals surface area contributed by atoms with E-state index in [2.05, 4.69) is 27.3 Å². The van der Waals surface area contributed by atoms with Gasteiger partial charge in [-0.25, -0.2) is 4.98 Å². The first-order chi connectivity index (χ1) is 12.1. The number of nitrogens with two attached hydrogens (primary N) is 1. The fraction of sp³-hybridized carbons (Fsp3) is 0.368. The second kappa shape index (κ2) is 8.09. The normalized spacial score (nSPS) is 15.9. The van der Waals surface area contributed by atoms with E-state index in [-0.39, 0.29) is 12.0 Å². The molecule has 0 aliphatic carbocycles. The Balaban J connectivity index is 1.50. The van der Waals surface area contributed by atoms with Crippen LogP contribution in [-0.2, 0) is 13.1 Å². The molecule has 0 radical (unpaired) electrons. The van der Waals surface area contributed by atoms with Crippen LogP contribution in [0.25, 0.3) is 0 Å². The lowest BCUT2D eigenvalue weighted by Gasteiger charge is -2.29. The molecule has 6 heteroatoms. The molecule has 3 rings (SSSR count). The largest absolute Gasteiger partial charge is 0.393 e. The van der Waals surface area contributed by atoms with Crippen molar-refractivity contribution >= 4 is 11.7 Å². The zero-order valence-corrected chi connectivity index (χ0v) is 14.2. The summed E-state index contributed by atoms with van der Waals surface area (Å²) in [5.41, 5.74) is 8.20. The highest BCUT2D eigenvalue weighted by atomic mass is 16.3. The van der Waals surface area contributed by atoms with Crippen LogP contribution in [0.4, 0.5) is 5.82 Å². The van der Waals surface area contributed by atoms with Crippen molar-refractivity contribution in [1.82, 2.24) is 15.2 Å². The van der Waals surface area contributed by atoms with E-state index >= 15 is 0 Å². The quantitative estimate of drug-likeness (QED) is 0.768. The Bertz CT molecular complexity index is 710. The van der Waals surface area contributed by atoms with Gasteiger partial charge in [0.05, 0.1) is 6.10 Å². The van der Waals surface area contributed by atoms with Crippen LogP contribution in [0.1, 0.15) is 34.5 Å².